The molecule has 1 rings (SSSR count). The Morgan fingerprint density at radius 1 is 1.25 bits per heavy atom. The fraction of sp³-hybridized carbons (Fsp3) is 0.778. The smallest absolute Gasteiger partial charge is 0.262 e. The quantitative estimate of drug-likeness (QED) is 0.700. The summed E-state index contributed by atoms with van der Waals surface area (Å²) in [5, 5.41) is 10.7. The minimum absolute atomic E-state index is 0.323. The maximum absolute atomic E-state index is 10.9. The molecule has 6 nitrogen and oxygen atoms in total. The zero-order valence-corrected chi connectivity index (χ0v) is 10.3. The molecule has 0 amide bonds. The number of hydrogen-bond donors (Lipinski definition) is 2. The molecule has 1 aromatic heterocycles. The summed E-state index contributed by atoms with van der Waals surface area (Å²) in [7, 11) is -3.77. The third-order valence-electron chi connectivity index (χ3n) is 2.28. The van der Waals surface area contributed by atoms with Crippen LogP contribution in [0.2, 0.25) is 0 Å². The number of aryl methyl sites for hydroxylation is 1. The second-order valence-corrected chi connectivity index (χ2v) is 5.23. The van der Waals surface area contributed by atoms with E-state index in [2.05, 4.69) is 22.1 Å². The molecule has 0 unspecified atom stereocenters. The fourth-order valence-corrected chi connectivity index (χ4v) is 1.82. The first-order valence-electron chi connectivity index (χ1n) is 5.48. The molecule has 0 aliphatic carbocycles. The summed E-state index contributed by atoms with van der Waals surface area (Å²) in [5.74, 6) is 0.584. The summed E-state index contributed by atoms with van der Waals surface area (Å²) in [6.45, 7) is 2.16. The maximum atomic E-state index is 10.9. The lowest BCUT2D eigenvalue weighted by Gasteiger charge is -1.96. The topological polar surface area (TPSA) is 102 Å². The van der Waals surface area contributed by atoms with Crippen molar-refractivity contribution in [1.82, 2.24) is 15.2 Å². The van der Waals surface area contributed by atoms with Crippen molar-refractivity contribution < 1.29 is 8.42 Å². The van der Waals surface area contributed by atoms with E-state index in [0.717, 1.165) is 12.8 Å². The van der Waals surface area contributed by atoms with Gasteiger partial charge in [-0.2, -0.15) is 0 Å². The summed E-state index contributed by atoms with van der Waals surface area (Å²) in [4.78, 5) is 3.82. The van der Waals surface area contributed by atoms with Crippen molar-refractivity contribution >= 4 is 10.0 Å². The molecule has 0 bridgehead atoms. The number of unbranched alkanes of at least 4 members (excludes halogenated alkanes) is 4. The molecule has 0 fully saturated rings. The van der Waals surface area contributed by atoms with Crippen molar-refractivity contribution in [1.29, 1.82) is 0 Å². The lowest BCUT2D eigenvalue weighted by Crippen LogP contribution is -2.13. The van der Waals surface area contributed by atoms with Gasteiger partial charge in [-0.25, -0.2) is 18.5 Å². The van der Waals surface area contributed by atoms with Gasteiger partial charge in [0.15, 0.2) is 0 Å². The first-order chi connectivity index (χ1) is 7.54. The minimum Gasteiger partial charge on any atom is -0.262 e. The van der Waals surface area contributed by atoms with Crippen LogP contribution in [0, 0.1) is 0 Å². The van der Waals surface area contributed by atoms with Crippen LogP contribution in [0.1, 0.15) is 44.9 Å². The second-order valence-electron chi connectivity index (χ2n) is 3.77. The van der Waals surface area contributed by atoms with Gasteiger partial charge in [0.2, 0.25) is 0 Å². The number of rotatable bonds is 7. The van der Waals surface area contributed by atoms with Crippen molar-refractivity contribution in [2.75, 3.05) is 0 Å². The highest BCUT2D eigenvalue weighted by molar-refractivity contribution is 7.89. The third kappa shape index (κ3) is 4.28. The SMILES string of the molecule is CCCCCCCc1nc(S(N)(=O)=O)n[nH]1. The van der Waals surface area contributed by atoms with E-state index in [0.29, 0.717) is 12.2 Å². The largest absolute Gasteiger partial charge is 0.282 e. The van der Waals surface area contributed by atoms with Crippen LogP contribution in [0.25, 0.3) is 0 Å². The summed E-state index contributed by atoms with van der Waals surface area (Å²) in [6.07, 6.45) is 6.47. The normalized spacial score (nSPS) is 11.9. The monoisotopic (exact) mass is 246 g/mol. The highest BCUT2D eigenvalue weighted by atomic mass is 32.2. The number of nitrogens with two attached hydrogens (primary N) is 1. The van der Waals surface area contributed by atoms with Crippen LogP contribution in [0.15, 0.2) is 5.16 Å². The lowest BCUT2D eigenvalue weighted by molar-refractivity contribution is 0.589. The van der Waals surface area contributed by atoms with Gasteiger partial charge in [-0.1, -0.05) is 32.6 Å². The number of hydrogen-bond acceptors (Lipinski definition) is 4. The molecule has 1 heterocycles. The van der Waals surface area contributed by atoms with E-state index in [1.807, 2.05) is 0 Å². The Morgan fingerprint density at radius 3 is 2.50 bits per heavy atom. The molecule has 0 aliphatic heterocycles. The number of nitrogens with one attached hydrogen (secondary N) is 1. The van der Waals surface area contributed by atoms with Crippen LogP contribution in [0.5, 0.6) is 0 Å². The van der Waals surface area contributed by atoms with E-state index in [1.54, 1.807) is 0 Å². The summed E-state index contributed by atoms with van der Waals surface area (Å²) < 4.78 is 21.8. The van der Waals surface area contributed by atoms with Crippen LogP contribution in [-0.2, 0) is 16.4 Å². The van der Waals surface area contributed by atoms with Gasteiger partial charge in [-0.05, 0) is 6.42 Å². The molecule has 0 spiro atoms. The number of sulfonamides is 1. The van der Waals surface area contributed by atoms with E-state index in [4.69, 9.17) is 5.14 Å². The summed E-state index contributed by atoms with van der Waals surface area (Å²) in [5.41, 5.74) is 0. The average Bonchev–Trinajstić information content (AvgIpc) is 2.65. The van der Waals surface area contributed by atoms with E-state index in [-0.39, 0.29) is 5.16 Å². The van der Waals surface area contributed by atoms with Crippen LogP contribution in [0.4, 0.5) is 0 Å². The summed E-state index contributed by atoms with van der Waals surface area (Å²) >= 11 is 0. The first-order valence-corrected chi connectivity index (χ1v) is 7.02. The van der Waals surface area contributed by atoms with Gasteiger partial charge in [-0.3, -0.25) is 5.10 Å². The highest BCUT2D eigenvalue weighted by Crippen LogP contribution is 2.06. The van der Waals surface area contributed by atoms with E-state index in [1.165, 1.54) is 19.3 Å². The molecule has 0 aliphatic rings. The molecule has 16 heavy (non-hydrogen) atoms. The van der Waals surface area contributed by atoms with Gasteiger partial charge in [0.1, 0.15) is 5.82 Å². The second kappa shape index (κ2) is 5.95. The van der Waals surface area contributed by atoms with Gasteiger partial charge in [0.05, 0.1) is 0 Å². The zero-order valence-electron chi connectivity index (χ0n) is 9.44. The Labute approximate surface area is 95.7 Å². The van der Waals surface area contributed by atoms with E-state index in [9.17, 15) is 8.42 Å². The molecule has 7 heteroatoms. The molecule has 1 aromatic rings. The number of primary sulfonamides is 1. The molecule has 0 saturated carbocycles. The molecule has 0 saturated heterocycles. The standard InChI is InChI=1S/C9H18N4O2S/c1-2-3-4-5-6-7-8-11-9(13-12-8)16(10,14)15/h2-7H2,1H3,(H2,10,14,15)(H,11,12,13). The van der Waals surface area contributed by atoms with Gasteiger partial charge in [0, 0.05) is 6.42 Å². The molecular weight excluding hydrogens is 228 g/mol. The molecule has 92 valence electrons. The van der Waals surface area contributed by atoms with Crippen LogP contribution >= 0.6 is 0 Å². The molecule has 0 aromatic carbocycles. The first kappa shape index (κ1) is 13.1. The Morgan fingerprint density at radius 2 is 1.94 bits per heavy atom. The van der Waals surface area contributed by atoms with Crippen LogP contribution in [-0.4, -0.2) is 23.6 Å². The van der Waals surface area contributed by atoms with Gasteiger partial charge < -0.3 is 0 Å². The number of aromatic nitrogens is 3. The highest BCUT2D eigenvalue weighted by Gasteiger charge is 2.14. The van der Waals surface area contributed by atoms with Gasteiger partial charge in [-0.15, -0.1) is 5.10 Å². The van der Waals surface area contributed by atoms with Crippen molar-refractivity contribution in [2.45, 2.75) is 50.6 Å². The Bertz CT molecular complexity index is 413. The Balaban J connectivity index is 2.36. The molecule has 3 N–H and O–H groups in total. The average molecular weight is 246 g/mol. The fourth-order valence-electron chi connectivity index (χ4n) is 1.41. The number of nitrogens with zero attached hydrogens (tertiary/aromatic N) is 2. The van der Waals surface area contributed by atoms with Crippen molar-refractivity contribution in [3.05, 3.63) is 5.82 Å². The maximum Gasteiger partial charge on any atom is 0.282 e. The Hall–Kier alpha value is -0.950. The van der Waals surface area contributed by atoms with E-state index < -0.39 is 10.0 Å². The predicted octanol–water partition coefficient (Wildman–Crippen LogP) is 0.965. The van der Waals surface area contributed by atoms with Crippen LogP contribution in [0.3, 0.4) is 0 Å². The number of H-pyrrole nitrogens is 1. The van der Waals surface area contributed by atoms with Crippen LogP contribution < -0.4 is 5.14 Å². The zero-order chi connectivity index (χ0) is 12.0. The van der Waals surface area contributed by atoms with Gasteiger partial charge >= 0.3 is 0 Å². The Kier molecular flexibility index (Phi) is 4.88. The molecule has 0 atom stereocenters. The predicted molar refractivity (Wildman–Crippen MR) is 60.2 cm³/mol. The lowest BCUT2D eigenvalue weighted by atomic mass is 10.1. The van der Waals surface area contributed by atoms with Gasteiger partial charge in [0.25, 0.3) is 15.2 Å². The minimum atomic E-state index is -3.77. The summed E-state index contributed by atoms with van der Waals surface area (Å²) in [6, 6.07) is 0. The third-order valence-corrected chi connectivity index (χ3v) is 2.97. The molecular formula is C9H18N4O2S. The van der Waals surface area contributed by atoms with E-state index >= 15 is 0 Å². The molecule has 0 radical (unpaired) electrons. The number of aromatic amines is 1. The van der Waals surface area contributed by atoms with Crippen molar-refractivity contribution in [3.63, 3.8) is 0 Å². The van der Waals surface area contributed by atoms with Crippen molar-refractivity contribution in [2.24, 2.45) is 5.14 Å². The van der Waals surface area contributed by atoms with Crippen molar-refractivity contribution in [3.8, 4) is 0 Å².